The molecule has 3 heteroatoms. The van der Waals surface area contributed by atoms with Crippen LogP contribution in [0.25, 0.3) is 10.9 Å². The molecule has 29 heavy (non-hydrogen) atoms. The number of nitrogens with zero attached hydrogens (tertiary/aromatic N) is 1. The summed E-state index contributed by atoms with van der Waals surface area (Å²) in [6, 6.07) is 6.09. The van der Waals surface area contributed by atoms with Crippen LogP contribution in [0, 0.1) is 11.3 Å². The lowest BCUT2D eigenvalue weighted by atomic mass is 9.48. The molecule has 0 amide bonds. The summed E-state index contributed by atoms with van der Waals surface area (Å²) < 4.78 is 0. The summed E-state index contributed by atoms with van der Waals surface area (Å²) in [6.07, 6.45) is 5.77. The number of hydrogen-bond donors (Lipinski definition) is 2. The van der Waals surface area contributed by atoms with E-state index in [9.17, 15) is 5.11 Å². The zero-order valence-electron chi connectivity index (χ0n) is 18.5. The summed E-state index contributed by atoms with van der Waals surface area (Å²) in [5, 5.41) is 13.9. The Bertz CT molecular complexity index is 1030. The standard InChI is InChI=1S/C26H34N2O/c1-9-23(3,4)21-20-19-16(12-11-13-17(19)28-21)24(5,6)18-14-15-25(7,10-2)22(27-8)26(18,20)29/h9-13,18,22,28-29H,1-2,8,14-15H2,3-7H3. The van der Waals surface area contributed by atoms with Crippen LogP contribution >= 0.6 is 0 Å². The van der Waals surface area contributed by atoms with Gasteiger partial charge in [-0.3, -0.25) is 4.99 Å². The Morgan fingerprint density at radius 1 is 1.24 bits per heavy atom. The summed E-state index contributed by atoms with van der Waals surface area (Å²) >= 11 is 0. The largest absolute Gasteiger partial charge is 0.382 e. The molecule has 0 aliphatic heterocycles. The van der Waals surface area contributed by atoms with Crippen LogP contribution in [-0.2, 0) is 16.4 Å². The first-order chi connectivity index (χ1) is 13.5. The topological polar surface area (TPSA) is 48.4 Å². The molecule has 154 valence electrons. The Labute approximate surface area is 174 Å². The van der Waals surface area contributed by atoms with E-state index in [-0.39, 0.29) is 28.2 Å². The fraction of sp³-hybridized carbons (Fsp3) is 0.500. The van der Waals surface area contributed by atoms with Gasteiger partial charge in [-0.15, -0.1) is 13.2 Å². The smallest absolute Gasteiger partial charge is 0.119 e. The summed E-state index contributed by atoms with van der Waals surface area (Å²) in [4.78, 5) is 8.22. The monoisotopic (exact) mass is 390 g/mol. The molecule has 1 saturated carbocycles. The van der Waals surface area contributed by atoms with Crippen LogP contribution < -0.4 is 0 Å². The third-order valence-electron chi connectivity index (χ3n) is 8.14. The summed E-state index contributed by atoms with van der Waals surface area (Å²) in [7, 11) is 0. The minimum Gasteiger partial charge on any atom is -0.382 e. The lowest BCUT2D eigenvalue weighted by Gasteiger charge is -2.59. The number of allylic oxidation sites excluding steroid dienone is 1. The summed E-state index contributed by atoms with van der Waals surface area (Å²) in [5.41, 5.74) is 2.43. The maximum atomic E-state index is 12.7. The van der Waals surface area contributed by atoms with E-state index in [1.807, 2.05) is 12.2 Å². The number of benzene rings is 1. The molecule has 0 spiro atoms. The molecule has 1 aromatic carbocycles. The van der Waals surface area contributed by atoms with Crippen LogP contribution in [-0.4, -0.2) is 22.8 Å². The van der Waals surface area contributed by atoms with Gasteiger partial charge in [-0.1, -0.05) is 58.9 Å². The second-order valence-electron chi connectivity index (χ2n) is 10.5. The molecule has 4 unspecified atom stereocenters. The van der Waals surface area contributed by atoms with E-state index in [1.165, 1.54) is 5.56 Å². The van der Waals surface area contributed by atoms with E-state index in [4.69, 9.17) is 0 Å². The van der Waals surface area contributed by atoms with Crippen LogP contribution in [0.4, 0.5) is 0 Å². The molecule has 0 saturated heterocycles. The van der Waals surface area contributed by atoms with Crippen molar-refractivity contribution >= 4 is 17.6 Å². The highest BCUT2D eigenvalue weighted by atomic mass is 16.3. The van der Waals surface area contributed by atoms with Gasteiger partial charge >= 0.3 is 0 Å². The van der Waals surface area contributed by atoms with Crippen molar-refractivity contribution in [1.29, 1.82) is 0 Å². The highest BCUT2D eigenvalue weighted by Crippen LogP contribution is 2.63. The SMILES string of the molecule is C=CC(C)(C)c1[nH]c2cccc3c2c1C1(O)C(N=C)C(C)(C=C)CCC1C3(C)C. The van der Waals surface area contributed by atoms with Gasteiger partial charge in [0.1, 0.15) is 5.60 Å². The van der Waals surface area contributed by atoms with Gasteiger partial charge in [-0.25, -0.2) is 0 Å². The molecule has 4 atom stereocenters. The quantitative estimate of drug-likeness (QED) is 0.504. The van der Waals surface area contributed by atoms with Crippen LogP contribution in [0.3, 0.4) is 0 Å². The molecule has 4 rings (SSSR count). The molecule has 1 heterocycles. The molecule has 0 radical (unpaired) electrons. The van der Waals surface area contributed by atoms with Gasteiger partial charge in [-0.2, -0.15) is 0 Å². The molecule has 3 nitrogen and oxygen atoms in total. The van der Waals surface area contributed by atoms with E-state index >= 15 is 0 Å². The van der Waals surface area contributed by atoms with Crippen molar-refractivity contribution in [3.05, 3.63) is 60.3 Å². The van der Waals surface area contributed by atoms with Gasteiger partial charge in [0.2, 0.25) is 0 Å². The van der Waals surface area contributed by atoms with Gasteiger partial charge in [-0.05, 0) is 36.6 Å². The van der Waals surface area contributed by atoms with Crippen LogP contribution in [0.15, 0.2) is 48.5 Å². The maximum absolute atomic E-state index is 12.7. The zero-order chi connectivity index (χ0) is 21.4. The molecule has 0 bridgehead atoms. The first-order valence-corrected chi connectivity index (χ1v) is 10.6. The number of aliphatic hydroxyl groups is 1. The van der Waals surface area contributed by atoms with Crippen molar-refractivity contribution in [2.24, 2.45) is 16.3 Å². The minimum absolute atomic E-state index is 0.0341. The second-order valence-corrected chi connectivity index (χ2v) is 10.5. The van der Waals surface area contributed by atoms with E-state index in [0.717, 1.165) is 35.0 Å². The number of fused-ring (bicyclic) bond motifs is 2. The lowest BCUT2D eigenvalue weighted by molar-refractivity contribution is -0.127. The minimum atomic E-state index is -1.13. The zero-order valence-corrected chi connectivity index (χ0v) is 18.5. The highest BCUT2D eigenvalue weighted by Gasteiger charge is 2.63. The Hall–Kier alpha value is -2.13. The molecule has 1 fully saturated rings. The van der Waals surface area contributed by atoms with Crippen molar-refractivity contribution in [3.8, 4) is 0 Å². The number of aromatic nitrogens is 1. The third kappa shape index (κ3) is 2.31. The predicted molar refractivity (Wildman–Crippen MR) is 123 cm³/mol. The first kappa shape index (κ1) is 20.2. The van der Waals surface area contributed by atoms with Gasteiger partial charge in [0.25, 0.3) is 0 Å². The molecule has 2 N–H and O–H groups in total. The van der Waals surface area contributed by atoms with Gasteiger partial charge < -0.3 is 10.1 Å². The van der Waals surface area contributed by atoms with E-state index in [0.29, 0.717) is 0 Å². The highest BCUT2D eigenvalue weighted by molar-refractivity contribution is 5.92. The molecule has 1 aromatic heterocycles. The van der Waals surface area contributed by atoms with Gasteiger partial charge in [0.15, 0.2) is 0 Å². The molecule has 2 aliphatic rings. The van der Waals surface area contributed by atoms with Crippen molar-refractivity contribution in [2.45, 2.75) is 69.9 Å². The Kier molecular flexibility index (Phi) is 4.13. The van der Waals surface area contributed by atoms with E-state index in [1.54, 1.807) is 0 Å². The van der Waals surface area contributed by atoms with Crippen molar-refractivity contribution in [3.63, 3.8) is 0 Å². The van der Waals surface area contributed by atoms with Crippen LogP contribution in [0.5, 0.6) is 0 Å². The van der Waals surface area contributed by atoms with Crippen molar-refractivity contribution < 1.29 is 5.11 Å². The summed E-state index contributed by atoms with van der Waals surface area (Å²) in [5.74, 6) is 0.0341. The van der Waals surface area contributed by atoms with Crippen molar-refractivity contribution in [1.82, 2.24) is 4.98 Å². The van der Waals surface area contributed by atoms with Crippen LogP contribution in [0.1, 0.15) is 64.3 Å². The molecule has 2 aromatic rings. The van der Waals surface area contributed by atoms with Gasteiger partial charge in [0, 0.05) is 38.9 Å². The molecular weight excluding hydrogens is 356 g/mol. The Balaban J connectivity index is 2.19. The number of hydrogen-bond acceptors (Lipinski definition) is 2. The van der Waals surface area contributed by atoms with Crippen molar-refractivity contribution in [2.75, 3.05) is 0 Å². The molecule has 2 aliphatic carbocycles. The van der Waals surface area contributed by atoms with E-state index < -0.39 is 5.60 Å². The maximum Gasteiger partial charge on any atom is 0.119 e. The Morgan fingerprint density at radius 2 is 1.93 bits per heavy atom. The number of aliphatic imine (C=N–C) groups is 1. The third-order valence-corrected chi connectivity index (χ3v) is 8.14. The predicted octanol–water partition coefficient (Wildman–Crippen LogP) is 5.78. The van der Waals surface area contributed by atoms with E-state index in [2.05, 4.69) is 82.7 Å². The number of rotatable bonds is 4. The summed E-state index contributed by atoms with van der Waals surface area (Å²) in [6.45, 7) is 23.1. The van der Waals surface area contributed by atoms with Crippen LogP contribution in [0.2, 0.25) is 0 Å². The first-order valence-electron chi connectivity index (χ1n) is 10.6. The fourth-order valence-corrected chi connectivity index (χ4v) is 6.25. The normalized spacial score (nSPS) is 33.2. The number of H-pyrrole nitrogens is 1. The lowest BCUT2D eigenvalue weighted by Crippen LogP contribution is -2.62. The second kappa shape index (κ2) is 5.95. The van der Waals surface area contributed by atoms with Gasteiger partial charge in [0.05, 0.1) is 6.04 Å². The Morgan fingerprint density at radius 3 is 2.52 bits per heavy atom. The molecular formula is C26H34N2O. The number of aromatic amines is 1. The fourth-order valence-electron chi connectivity index (χ4n) is 6.25. The average Bonchev–Trinajstić information content (AvgIpc) is 3.08. The average molecular weight is 391 g/mol. The number of nitrogens with one attached hydrogen (secondary N) is 1.